The summed E-state index contributed by atoms with van der Waals surface area (Å²) < 4.78 is 5.38. The number of esters is 1. The summed E-state index contributed by atoms with van der Waals surface area (Å²) in [4.78, 5) is 30.1. The van der Waals surface area contributed by atoms with Crippen LogP contribution in [0.25, 0.3) is 10.9 Å². The first-order valence-corrected chi connectivity index (χ1v) is 10.5. The molecule has 0 spiro atoms. The number of carbonyl (C=O) groups is 2. The molecule has 5 nitrogen and oxygen atoms in total. The molecular formula is C23H20Cl2N2O3. The Hall–Kier alpha value is -2.63. The van der Waals surface area contributed by atoms with Gasteiger partial charge in [-0.3, -0.25) is 9.78 Å². The number of aryl methyl sites for hydroxylation is 2. The number of nitrogens with zero attached hydrogens (tertiary/aromatic N) is 1. The van der Waals surface area contributed by atoms with Crippen LogP contribution in [0.4, 0.5) is 5.69 Å². The zero-order valence-electron chi connectivity index (χ0n) is 16.4. The second-order valence-corrected chi connectivity index (χ2v) is 8.10. The molecule has 4 rings (SSSR count). The molecule has 1 amide bonds. The minimum atomic E-state index is -0.525. The predicted octanol–water partition coefficient (Wildman–Crippen LogP) is 5.52. The van der Waals surface area contributed by atoms with Crippen molar-refractivity contribution in [2.45, 2.75) is 32.6 Å². The molecule has 0 radical (unpaired) electrons. The van der Waals surface area contributed by atoms with E-state index < -0.39 is 18.5 Å². The third-order valence-electron chi connectivity index (χ3n) is 5.26. The Bertz CT molecular complexity index is 1160. The van der Waals surface area contributed by atoms with Crippen LogP contribution < -0.4 is 5.32 Å². The van der Waals surface area contributed by atoms with Crippen LogP contribution in [0.5, 0.6) is 0 Å². The van der Waals surface area contributed by atoms with Gasteiger partial charge in [0.1, 0.15) is 0 Å². The van der Waals surface area contributed by atoms with Gasteiger partial charge in [0.15, 0.2) is 6.61 Å². The Balaban J connectivity index is 1.56. The Kier molecular flexibility index (Phi) is 5.93. The molecule has 1 N–H and O–H groups in total. The number of para-hydroxylation sites is 1. The Labute approximate surface area is 184 Å². The molecule has 0 aliphatic heterocycles. The van der Waals surface area contributed by atoms with Gasteiger partial charge in [-0.25, -0.2) is 4.79 Å². The summed E-state index contributed by atoms with van der Waals surface area (Å²) in [6.07, 6.45) is 3.66. The summed E-state index contributed by atoms with van der Waals surface area (Å²) >= 11 is 12.4. The molecule has 154 valence electrons. The van der Waals surface area contributed by atoms with Gasteiger partial charge in [-0.15, -0.1) is 0 Å². The maximum absolute atomic E-state index is 13.0. The lowest BCUT2D eigenvalue weighted by Gasteiger charge is -2.20. The molecule has 0 saturated heterocycles. The first kappa shape index (κ1) is 20.6. The number of fused-ring (bicyclic) bond motifs is 2. The van der Waals surface area contributed by atoms with E-state index in [1.54, 1.807) is 12.1 Å². The van der Waals surface area contributed by atoms with E-state index in [2.05, 4.69) is 5.32 Å². The van der Waals surface area contributed by atoms with E-state index in [9.17, 15) is 9.59 Å². The monoisotopic (exact) mass is 442 g/mol. The van der Waals surface area contributed by atoms with Crippen molar-refractivity contribution >= 4 is 51.7 Å². The van der Waals surface area contributed by atoms with Crippen molar-refractivity contribution in [2.24, 2.45) is 0 Å². The Morgan fingerprint density at radius 3 is 2.70 bits per heavy atom. The first-order chi connectivity index (χ1) is 14.5. The Morgan fingerprint density at radius 2 is 1.87 bits per heavy atom. The third kappa shape index (κ3) is 4.00. The summed E-state index contributed by atoms with van der Waals surface area (Å²) in [5.74, 6) is -1.03. The standard InChI is InChI=1S/C23H20Cl2N2O3/c1-13-10-11-16(24)22(21(13)25)27-19(28)12-30-23(29)20-14-6-2-4-8-17(14)26-18-9-5-3-7-15(18)20/h2,4,6,8,10-11H,3,5,7,9,12H2,1H3,(H,27,28). The zero-order chi connectivity index (χ0) is 21.3. The lowest BCUT2D eigenvalue weighted by molar-refractivity contribution is -0.119. The van der Waals surface area contributed by atoms with Crippen molar-refractivity contribution in [3.8, 4) is 0 Å². The largest absolute Gasteiger partial charge is 0.452 e. The number of hydrogen-bond donors (Lipinski definition) is 1. The van der Waals surface area contributed by atoms with Gasteiger partial charge in [-0.1, -0.05) is 47.5 Å². The molecular weight excluding hydrogens is 423 g/mol. The number of pyridine rings is 1. The topological polar surface area (TPSA) is 68.3 Å². The molecule has 1 aliphatic rings. The number of ether oxygens (including phenoxy) is 1. The van der Waals surface area contributed by atoms with Gasteiger partial charge in [0.2, 0.25) is 0 Å². The summed E-state index contributed by atoms with van der Waals surface area (Å²) in [6.45, 7) is 1.37. The second kappa shape index (κ2) is 8.62. The smallest absolute Gasteiger partial charge is 0.339 e. The third-order valence-corrected chi connectivity index (χ3v) is 6.06. The molecule has 0 atom stereocenters. The molecule has 1 aromatic heterocycles. The fraction of sp³-hybridized carbons (Fsp3) is 0.261. The molecule has 1 aliphatic carbocycles. The van der Waals surface area contributed by atoms with Crippen LogP contribution in [0.2, 0.25) is 10.0 Å². The molecule has 0 bridgehead atoms. The first-order valence-electron chi connectivity index (χ1n) is 9.77. The average molecular weight is 443 g/mol. The molecule has 30 heavy (non-hydrogen) atoms. The van der Waals surface area contributed by atoms with Crippen LogP contribution in [-0.2, 0) is 22.4 Å². The summed E-state index contributed by atoms with van der Waals surface area (Å²) in [5, 5.41) is 4.05. The van der Waals surface area contributed by atoms with Gasteiger partial charge in [0, 0.05) is 11.1 Å². The fourth-order valence-corrected chi connectivity index (χ4v) is 4.22. The molecule has 2 aromatic carbocycles. The number of halogens is 2. The molecule has 7 heteroatoms. The van der Waals surface area contributed by atoms with E-state index in [1.165, 1.54) is 0 Å². The van der Waals surface area contributed by atoms with Crippen LogP contribution >= 0.6 is 23.2 Å². The molecule has 0 saturated carbocycles. The minimum Gasteiger partial charge on any atom is -0.452 e. The number of rotatable bonds is 4. The quantitative estimate of drug-likeness (QED) is 0.539. The van der Waals surface area contributed by atoms with Crippen molar-refractivity contribution < 1.29 is 14.3 Å². The molecule has 0 unspecified atom stereocenters. The summed E-state index contributed by atoms with van der Waals surface area (Å²) in [7, 11) is 0. The normalized spacial score (nSPS) is 13.0. The average Bonchev–Trinajstić information content (AvgIpc) is 2.76. The molecule has 1 heterocycles. The minimum absolute atomic E-state index is 0.311. The predicted molar refractivity (Wildman–Crippen MR) is 118 cm³/mol. The van der Waals surface area contributed by atoms with Crippen LogP contribution in [0.1, 0.15) is 40.0 Å². The summed E-state index contributed by atoms with van der Waals surface area (Å²) in [6, 6.07) is 10.9. The van der Waals surface area contributed by atoms with Crippen LogP contribution in [-0.4, -0.2) is 23.5 Å². The number of benzene rings is 2. The van der Waals surface area contributed by atoms with Gasteiger partial charge in [0.05, 0.1) is 26.8 Å². The molecule has 0 fully saturated rings. The summed E-state index contributed by atoms with van der Waals surface area (Å²) in [5.41, 5.74) is 4.22. The lowest BCUT2D eigenvalue weighted by Crippen LogP contribution is -2.23. The van der Waals surface area contributed by atoms with Crippen LogP contribution in [0, 0.1) is 6.92 Å². The van der Waals surface area contributed by atoms with Crippen molar-refractivity contribution in [1.82, 2.24) is 4.98 Å². The number of carbonyl (C=O) groups excluding carboxylic acids is 2. The van der Waals surface area contributed by atoms with Crippen LogP contribution in [0.15, 0.2) is 36.4 Å². The highest BCUT2D eigenvalue weighted by Crippen LogP contribution is 2.33. The van der Waals surface area contributed by atoms with Crippen molar-refractivity contribution in [3.05, 3.63) is 68.8 Å². The van der Waals surface area contributed by atoms with Gasteiger partial charge >= 0.3 is 5.97 Å². The maximum atomic E-state index is 13.0. The van der Waals surface area contributed by atoms with Gasteiger partial charge in [-0.05, 0) is 55.9 Å². The highest BCUT2D eigenvalue weighted by molar-refractivity contribution is 6.40. The van der Waals surface area contributed by atoms with E-state index in [1.807, 2.05) is 31.2 Å². The van der Waals surface area contributed by atoms with E-state index in [4.69, 9.17) is 32.9 Å². The van der Waals surface area contributed by atoms with Gasteiger partial charge < -0.3 is 10.1 Å². The van der Waals surface area contributed by atoms with Gasteiger partial charge in [-0.2, -0.15) is 0 Å². The van der Waals surface area contributed by atoms with Gasteiger partial charge in [0.25, 0.3) is 5.91 Å². The maximum Gasteiger partial charge on any atom is 0.339 e. The fourth-order valence-electron chi connectivity index (χ4n) is 3.76. The Morgan fingerprint density at radius 1 is 1.10 bits per heavy atom. The lowest BCUT2D eigenvalue weighted by atomic mass is 9.90. The highest BCUT2D eigenvalue weighted by atomic mass is 35.5. The van der Waals surface area contributed by atoms with Crippen molar-refractivity contribution in [1.29, 1.82) is 0 Å². The zero-order valence-corrected chi connectivity index (χ0v) is 17.9. The van der Waals surface area contributed by atoms with Crippen molar-refractivity contribution in [2.75, 3.05) is 11.9 Å². The SMILES string of the molecule is Cc1ccc(Cl)c(NC(=O)COC(=O)c2c3c(nc4ccccc24)CCCC3)c1Cl. The highest BCUT2D eigenvalue weighted by Gasteiger charge is 2.24. The van der Waals surface area contributed by atoms with E-state index in [0.29, 0.717) is 21.3 Å². The number of nitrogens with one attached hydrogen (secondary N) is 1. The van der Waals surface area contributed by atoms with Crippen molar-refractivity contribution in [3.63, 3.8) is 0 Å². The van der Waals surface area contributed by atoms with Crippen LogP contribution in [0.3, 0.4) is 0 Å². The van der Waals surface area contributed by atoms with E-state index in [-0.39, 0.29) is 0 Å². The number of anilines is 1. The number of aromatic nitrogens is 1. The second-order valence-electron chi connectivity index (χ2n) is 7.31. The number of hydrogen-bond acceptors (Lipinski definition) is 4. The van der Waals surface area contributed by atoms with E-state index >= 15 is 0 Å². The number of amides is 1. The van der Waals surface area contributed by atoms with E-state index in [0.717, 1.165) is 53.4 Å². The molecule has 3 aromatic rings.